The lowest BCUT2D eigenvalue weighted by Crippen LogP contribution is -2.39. The average molecular weight is 358 g/mol. The number of hydrogen-bond acceptors (Lipinski definition) is 3. The first kappa shape index (κ1) is 16.1. The van der Waals surface area contributed by atoms with Gasteiger partial charge in [0.15, 0.2) is 5.69 Å². The Bertz CT molecular complexity index is 911. The van der Waals surface area contributed by atoms with Gasteiger partial charge in [-0.15, -0.1) is 0 Å². The first-order chi connectivity index (χ1) is 12.0. The number of benzene rings is 1. The van der Waals surface area contributed by atoms with Crippen LogP contribution in [0.5, 0.6) is 0 Å². The molecule has 1 N–H and O–H groups in total. The Balaban J connectivity index is 1.58. The van der Waals surface area contributed by atoms with Crippen molar-refractivity contribution in [3.05, 3.63) is 46.5 Å². The smallest absolute Gasteiger partial charge is 0.275 e. The zero-order valence-corrected chi connectivity index (χ0v) is 15.0. The van der Waals surface area contributed by atoms with Crippen molar-refractivity contribution in [2.24, 2.45) is 7.05 Å². The lowest BCUT2D eigenvalue weighted by atomic mass is 9.97. The number of carbonyl (C=O) groups excluding carboxylic acids is 1. The molecule has 0 spiro atoms. The summed E-state index contributed by atoms with van der Waals surface area (Å²) >= 11 is 6.29. The molecular formula is C18H20ClN5O. The molecule has 3 heterocycles. The van der Waals surface area contributed by atoms with Crippen molar-refractivity contribution >= 4 is 28.5 Å². The van der Waals surface area contributed by atoms with Crippen molar-refractivity contribution in [3.63, 3.8) is 0 Å². The molecule has 1 fully saturated rings. The molecule has 0 aliphatic carbocycles. The average Bonchev–Trinajstić information content (AvgIpc) is 3.18. The van der Waals surface area contributed by atoms with Crippen LogP contribution in [0.15, 0.2) is 24.3 Å². The van der Waals surface area contributed by atoms with Gasteiger partial charge in [0.05, 0.1) is 21.7 Å². The normalized spacial score (nSPS) is 18.0. The molecule has 0 bridgehead atoms. The lowest BCUT2D eigenvalue weighted by molar-refractivity contribution is 0.0698. The van der Waals surface area contributed by atoms with Crippen LogP contribution in [0, 0.1) is 6.92 Å². The van der Waals surface area contributed by atoms with Gasteiger partial charge >= 0.3 is 0 Å². The highest BCUT2D eigenvalue weighted by Gasteiger charge is 2.30. The third kappa shape index (κ3) is 2.80. The molecule has 1 aliphatic rings. The summed E-state index contributed by atoms with van der Waals surface area (Å²) in [7, 11) is 1.80. The summed E-state index contributed by atoms with van der Waals surface area (Å²) in [6, 6.07) is 7.99. The number of para-hydroxylation sites is 2. The highest BCUT2D eigenvalue weighted by molar-refractivity contribution is 6.34. The molecule has 1 amide bonds. The number of H-pyrrole nitrogens is 1. The molecule has 1 unspecified atom stereocenters. The van der Waals surface area contributed by atoms with E-state index in [4.69, 9.17) is 16.6 Å². The third-order valence-corrected chi connectivity index (χ3v) is 5.42. The van der Waals surface area contributed by atoms with E-state index in [9.17, 15) is 4.79 Å². The largest absolute Gasteiger partial charge is 0.342 e. The van der Waals surface area contributed by atoms with Crippen LogP contribution in [0.1, 0.15) is 40.8 Å². The van der Waals surface area contributed by atoms with Crippen LogP contribution in [0.4, 0.5) is 0 Å². The molecular weight excluding hydrogens is 338 g/mol. The number of nitrogens with zero attached hydrogens (tertiary/aromatic N) is 4. The summed E-state index contributed by atoms with van der Waals surface area (Å²) in [6.45, 7) is 3.21. The quantitative estimate of drug-likeness (QED) is 0.765. The number of piperidine rings is 1. The van der Waals surface area contributed by atoms with E-state index in [1.807, 2.05) is 36.1 Å². The van der Waals surface area contributed by atoms with E-state index < -0.39 is 0 Å². The molecule has 1 aromatic carbocycles. The first-order valence-corrected chi connectivity index (χ1v) is 8.85. The van der Waals surface area contributed by atoms with Gasteiger partial charge in [0.2, 0.25) is 0 Å². The number of aromatic amines is 1. The summed E-state index contributed by atoms with van der Waals surface area (Å²) in [4.78, 5) is 22.8. The molecule has 1 aliphatic heterocycles. The van der Waals surface area contributed by atoms with Crippen LogP contribution in [0.2, 0.25) is 5.02 Å². The highest BCUT2D eigenvalue weighted by Crippen LogP contribution is 2.29. The Kier molecular flexibility index (Phi) is 4.00. The van der Waals surface area contributed by atoms with Crippen molar-refractivity contribution in [1.29, 1.82) is 0 Å². The molecule has 7 heteroatoms. The number of hydrogen-bond donors (Lipinski definition) is 1. The number of amides is 1. The Labute approximate surface area is 150 Å². The van der Waals surface area contributed by atoms with Gasteiger partial charge in [-0.3, -0.25) is 9.48 Å². The molecule has 1 saturated heterocycles. The van der Waals surface area contributed by atoms with Gasteiger partial charge < -0.3 is 9.88 Å². The minimum Gasteiger partial charge on any atom is -0.342 e. The van der Waals surface area contributed by atoms with Gasteiger partial charge in [0, 0.05) is 26.1 Å². The number of aromatic nitrogens is 4. The summed E-state index contributed by atoms with van der Waals surface area (Å²) in [6.07, 6.45) is 1.95. The monoisotopic (exact) mass is 357 g/mol. The third-order valence-electron chi connectivity index (χ3n) is 4.97. The summed E-state index contributed by atoms with van der Waals surface area (Å²) < 4.78 is 1.65. The van der Waals surface area contributed by atoms with Crippen LogP contribution in [0.3, 0.4) is 0 Å². The Morgan fingerprint density at radius 1 is 1.36 bits per heavy atom. The SMILES string of the molecule is Cc1c(Cl)c(C(=O)N2CCCC(c3nc4ccccc4[nH]3)C2)nn1C. The molecule has 4 rings (SSSR count). The zero-order valence-electron chi connectivity index (χ0n) is 14.3. The van der Waals surface area contributed by atoms with Crippen molar-refractivity contribution in [1.82, 2.24) is 24.6 Å². The van der Waals surface area contributed by atoms with E-state index in [-0.39, 0.29) is 11.8 Å². The fourth-order valence-electron chi connectivity index (χ4n) is 3.42. The second-order valence-corrected chi connectivity index (χ2v) is 6.98. The second-order valence-electron chi connectivity index (χ2n) is 6.60. The second kappa shape index (κ2) is 6.19. The van der Waals surface area contributed by atoms with Crippen molar-refractivity contribution in [2.45, 2.75) is 25.7 Å². The van der Waals surface area contributed by atoms with Crippen molar-refractivity contribution in [2.75, 3.05) is 13.1 Å². The van der Waals surface area contributed by atoms with E-state index in [1.54, 1.807) is 11.7 Å². The fourth-order valence-corrected chi connectivity index (χ4v) is 3.66. The number of likely N-dealkylation sites (tertiary alicyclic amines) is 1. The predicted octanol–water partition coefficient (Wildman–Crippen LogP) is 3.28. The van der Waals surface area contributed by atoms with Crippen LogP contribution in [-0.4, -0.2) is 43.6 Å². The number of halogens is 1. The van der Waals surface area contributed by atoms with Gasteiger partial charge in [-0.1, -0.05) is 23.7 Å². The number of fused-ring (bicyclic) bond motifs is 1. The van der Waals surface area contributed by atoms with Crippen LogP contribution < -0.4 is 0 Å². The molecule has 130 valence electrons. The Morgan fingerprint density at radius 2 is 2.16 bits per heavy atom. The van der Waals surface area contributed by atoms with E-state index in [1.165, 1.54) is 0 Å². The van der Waals surface area contributed by atoms with Gasteiger partial charge in [-0.2, -0.15) is 5.10 Å². The fraction of sp³-hybridized carbons (Fsp3) is 0.389. The van der Waals surface area contributed by atoms with Crippen LogP contribution in [0.25, 0.3) is 11.0 Å². The van der Waals surface area contributed by atoms with Gasteiger partial charge in [-0.05, 0) is 31.9 Å². The molecule has 6 nitrogen and oxygen atoms in total. The van der Waals surface area contributed by atoms with E-state index in [0.717, 1.165) is 41.9 Å². The van der Waals surface area contributed by atoms with E-state index in [0.29, 0.717) is 17.3 Å². The molecule has 3 aromatic rings. The highest BCUT2D eigenvalue weighted by atomic mass is 35.5. The maximum Gasteiger partial charge on any atom is 0.275 e. The number of aryl methyl sites for hydroxylation is 1. The van der Waals surface area contributed by atoms with Crippen LogP contribution >= 0.6 is 11.6 Å². The molecule has 1 atom stereocenters. The minimum absolute atomic E-state index is 0.102. The first-order valence-electron chi connectivity index (χ1n) is 8.47. The maximum absolute atomic E-state index is 12.9. The molecule has 25 heavy (non-hydrogen) atoms. The number of rotatable bonds is 2. The van der Waals surface area contributed by atoms with Gasteiger partial charge in [0.1, 0.15) is 5.82 Å². The molecule has 0 saturated carbocycles. The predicted molar refractivity (Wildman–Crippen MR) is 96.9 cm³/mol. The summed E-state index contributed by atoms with van der Waals surface area (Å²) in [5.41, 5.74) is 3.14. The van der Waals surface area contributed by atoms with Crippen molar-refractivity contribution in [3.8, 4) is 0 Å². The van der Waals surface area contributed by atoms with Gasteiger partial charge in [0.25, 0.3) is 5.91 Å². The van der Waals surface area contributed by atoms with E-state index >= 15 is 0 Å². The standard InChI is InChI=1S/C18H20ClN5O/c1-11-15(19)16(22-23(11)2)18(25)24-9-5-6-12(10-24)17-20-13-7-3-4-8-14(13)21-17/h3-4,7-8,12H,5-6,9-10H2,1-2H3,(H,20,21). The van der Waals surface area contributed by atoms with Crippen LogP contribution in [-0.2, 0) is 7.05 Å². The lowest BCUT2D eigenvalue weighted by Gasteiger charge is -2.31. The van der Waals surface area contributed by atoms with Crippen molar-refractivity contribution < 1.29 is 4.79 Å². The number of nitrogens with one attached hydrogen (secondary N) is 1. The topological polar surface area (TPSA) is 66.8 Å². The Morgan fingerprint density at radius 3 is 2.88 bits per heavy atom. The Hall–Kier alpha value is -2.34. The number of imidazole rings is 1. The van der Waals surface area contributed by atoms with Gasteiger partial charge in [-0.25, -0.2) is 4.98 Å². The minimum atomic E-state index is -0.102. The maximum atomic E-state index is 12.9. The number of carbonyl (C=O) groups is 1. The summed E-state index contributed by atoms with van der Waals surface area (Å²) in [5.74, 6) is 1.05. The van der Waals surface area contributed by atoms with E-state index in [2.05, 4.69) is 10.1 Å². The zero-order chi connectivity index (χ0) is 17.6. The summed E-state index contributed by atoms with van der Waals surface area (Å²) in [5, 5.41) is 4.73. The molecule has 0 radical (unpaired) electrons. The molecule has 2 aromatic heterocycles.